The lowest BCUT2D eigenvalue weighted by atomic mass is 10.1. The third kappa shape index (κ3) is 2.95. The van der Waals surface area contributed by atoms with E-state index in [9.17, 15) is 5.11 Å². The molecule has 3 nitrogen and oxygen atoms in total. The van der Waals surface area contributed by atoms with Crippen molar-refractivity contribution in [3.8, 4) is 0 Å². The molecule has 0 radical (unpaired) electrons. The Kier molecular flexibility index (Phi) is 4.74. The lowest BCUT2D eigenvalue weighted by Crippen LogP contribution is -2.30. The van der Waals surface area contributed by atoms with Crippen LogP contribution in [0.15, 0.2) is 18.3 Å². The number of aliphatic hydroxyl groups excluding tert-OH is 1. The van der Waals surface area contributed by atoms with Crippen LogP contribution in [0, 0.1) is 0 Å². The van der Waals surface area contributed by atoms with Crippen molar-refractivity contribution in [1.29, 1.82) is 0 Å². The van der Waals surface area contributed by atoms with Crippen molar-refractivity contribution in [2.24, 2.45) is 0 Å². The maximum atomic E-state index is 9.65. The van der Waals surface area contributed by atoms with Gasteiger partial charge in [-0.15, -0.1) is 0 Å². The van der Waals surface area contributed by atoms with E-state index in [1.165, 1.54) is 0 Å². The molecule has 0 saturated carbocycles. The predicted molar refractivity (Wildman–Crippen MR) is 67.6 cm³/mol. The lowest BCUT2D eigenvalue weighted by molar-refractivity contribution is 0.169. The maximum Gasteiger partial charge on any atom is 0.0957 e. The number of rotatable bonds is 5. The van der Waals surface area contributed by atoms with Crippen molar-refractivity contribution in [2.75, 3.05) is 11.4 Å². The Balaban J connectivity index is 2.85. The zero-order chi connectivity index (χ0) is 12.1. The van der Waals surface area contributed by atoms with Crippen molar-refractivity contribution in [2.45, 2.75) is 46.3 Å². The number of nitrogens with zero attached hydrogens (tertiary/aromatic N) is 2. The molecular formula is C13H22N2O. The van der Waals surface area contributed by atoms with Gasteiger partial charge in [0.25, 0.3) is 0 Å². The van der Waals surface area contributed by atoms with Crippen LogP contribution in [0.3, 0.4) is 0 Å². The molecule has 0 aliphatic heterocycles. The largest absolute Gasteiger partial charge is 0.387 e. The van der Waals surface area contributed by atoms with E-state index in [1.807, 2.05) is 25.3 Å². The molecule has 0 aliphatic carbocycles. The highest BCUT2D eigenvalue weighted by Crippen LogP contribution is 2.19. The molecule has 0 fully saturated rings. The second-order valence-corrected chi connectivity index (χ2v) is 4.25. The van der Waals surface area contributed by atoms with Gasteiger partial charge in [-0.25, -0.2) is 0 Å². The van der Waals surface area contributed by atoms with Crippen molar-refractivity contribution in [1.82, 2.24) is 4.98 Å². The second kappa shape index (κ2) is 5.85. The van der Waals surface area contributed by atoms with Gasteiger partial charge in [-0.05, 0) is 39.3 Å². The zero-order valence-corrected chi connectivity index (χ0v) is 10.6. The van der Waals surface area contributed by atoms with Crippen LogP contribution in [0.5, 0.6) is 0 Å². The SMILES string of the molecule is CC[C@@H](O)c1ccc(N(CC)C(C)C)cn1. The molecular weight excluding hydrogens is 200 g/mol. The van der Waals surface area contributed by atoms with E-state index in [0.717, 1.165) is 17.9 Å². The summed E-state index contributed by atoms with van der Waals surface area (Å²) in [4.78, 5) is 6.58. The first-order valence-electron chi connectivity index (χ1n) is 6.00. The van der Waals surface area contributed by atoms with Gasteiger partial charge >= 0.3 is 0 Å². The van der Waals surface area contributed by atoms with Gasteiger partial charge < -0.3 is 10.0 Å². The van der Waals surface area contributed by atoms with Crippen LogP contribution in [0.1, 0.15) is 45.9 Å². The van der Waals surface area contributed by atoms with E-state index in [1.54, 1.807) is 0 Å². The summed E-state index contributed by atoms with van der Waals surface area (Å²) in [6, 6.07) is 4.41. The van der Waals surface area contributed by atoms with Crippen molar-refractivity contribution >= 4 is 5.69 Å². The van der Waals surface area contributed by atoms with E-state index in [-0.39, 0.29) is 0 Å². The minimum atomic E-state index is -0.442. The average molecular weight is 222 g/mol. The first kappa shape index (κ1) is 13.0. The minimum Gasteiger partial charge on any atom is -0.387 e. The van der Waals surface area contributed by atoms with Crippen LogP contribution in [0.2, 0.25) is 0 Å². The Hall–Kier alpha value is -1.09. The smallest absolute Gasteiger partial charge is 0.0957 e. The van der Waals surface area contributed by atoms with Crippen LogP contribution >= 0.6 is 0 Å². The van der Waals surface area contributed by atoms with Gasteiger partial charge in [0.05, 0.1) is 23.7 Å². The molecule has 0 aliphatic rings. The van der Waals surface area contributed by atoms with Crippen LogP contribution in [-0.2, 0) is 0 Å². The van der Waals surface area contributed by atoms with E-state index in [2.05, 4.69) is 30.7 Å². The second-order valence-electron chi connectivity index (χ2n) is 4.25. The third-order valence-corrected chi connectivity index (χ3v) is 2.79. The normalized spacial score (nSPS) is 12.9. The average Bonchev–Trinajstić information content (AvgIpc) is 2.29. The summed E-state index contributed by atoms with van der Waals surface area (Å²) >= 11 is 0. The first-order valence-corrected chi connectivity index (χ1v) is 6.00. The highest BCUT2D eigenvalue weighted by molar-refractivity contribution is 5.45. The first-order chi connectivity index (χ1) is 7.60. The van der Waals surface area contributed by atoms with Gasteiger partial charge in [0.2, 0.25) is 0 Å². The summed E-state index contributed by atoms with van der Waals surface area (Å²) in [5.74, 6) is 0. The molecule has 0 unspecified atom stereocenters. The van der Waals surface area contributed by atoms with Gasteiger partial charge in [-0.2, -0.15) is 0 Å². The molecule has 1 aromatic heterocycles. The summed E-state index contributed by atoms with van der Waals surface area (Å²) in [5, 5.41) is 9.65. The van der Waals surface area contributed by atoms with Crippen LogP contribution in [-0.4, -0.2) is 22.7 Å². The molecule has 0 saturated heterocycles. The summed E-state index contributed by atoms with van der Waals surface area (Å²) in [5.41, 5.74) is 1.87. The number of anilines is 1. The van der Waals surface area contributed by atoms with Crippen molar-refractivity contribution in [3.63, 3.8) is 0 Å². The minimum absolute atomic E-state index is 0.442. The number of pyridine rings is 1. The summed E-state index contributed by atoms with van der Waals surface area (Å²) in [7, 11) is 0. The van der Waals surface area contributed by atoms with Crippen molar-refractivity contribution < 1.29 is 5.11 Å². The number of hydrogen-bond acceptors (Lipinski definition) is 3. The van der Waals surface area contributed by atoms with E-state index in [0.29, 0.717) is 12.5 Å². The molecule has 0 bridgehead atoms. The van der Waals surface area contributed by atoms with Crippen molar-refractivity contribution in [3.05, 3.63) is 24.0 Å². The van der Waals surface area contributed by atoms with E-state index < -0.39 is 6.10 Å². The molecule has 3 heteroatoms. The monoisotopic (exact) mass is 222 g/mol. The van der Waals surface area contributed by atoms with Gasteiger partial charge in [0.15, 0.2) is 0 Å². The van der Waals surface area contributed by atoms with Crippen LogP contribution < -0.4 is 4.90 Å². The molecule has 0 amide bonds. The Morgan fingerprint density at radius 2 is 2.00 bits per heavy atom. The molecule has 90 valence electrons. The Morgan fingerprint density at radius 3 is 2.38 bits per heavy atom. The highest BCUT2D eigenvalue weighted by atomic mass is 16.3. The van der Waals surface area contributed by atoms with Crippen LogP contribution in [0.4, 0.5) is 5.69 Å². The molecule has 1 N–H and O–H groups in total. The number of aromatic nitrogens is 1. The highest BCUT2D eigenvalue weighted by Gasteiger charge is 2.10. The Labute approximate surface area is 98.1 Å². The van der Waals surface area contributed by atoms with Crippen LogP contribution in [0.25, 0.3) is 0 Å². The summed E-state index contributed by atoms with van der Waals surface area (Å²) in [6.07, 6.45) is 2.11. The molecule has 16 heavy (non-hydrogen) atoms. The number of hydrogen-bond donors (Lipinski definition) is 1. The van der Waals surface area contributed by atoms with E-state index in [4.69, 9.17) is 0 Å². The topological polar surface area (TPSA) is 36.4 Å². The lowest BCUT2D eigenvalue weighted by Gasteiger charge is -2.27. The molecule has 1 aromatic rings. The fourth-order valence-corrected chi connectivity index (χ4v) is 1.82. The summed E-state index contributed by atoms with van der Waals surface area (Å²) < 4.78 is 0. The predicted octanol–water partition coefficient (Wildman–Crippen LogP) is 2.76. The fraction of sp³-hybridized carbons (Fsp3) is 0.615. The van der Waals surface area contributed by atoms with Gasteiger partial charge in [-0.3, -0.25) is 4.98 Å². The third-order valence-electron chi connectivity index (χ3n) is 2.79. The fourth-order valence-electron chi connectivity index (χ4n) is 1.82. The van der Waals surface area contributed by atoms with Gasteiger partial charge in [-0.1, -0.05) is 6.92 Å². The number of aliphatic hydroxyl groups is 1. The standard InChI is InChI=1S/C13H22N2O/c1-5-13(16)12-8-7-11(9-14-12)15(6-2)10(3)4/h7-10,13,16H,5-6H2,1-4H3/t13-/m1/s1. The van der Waals surface area contributed by atoms with Gasteiger partial charge in [0, 0.05) is 12.6 Å². The van der Waals surface area contributed by atoms with Gasteiger partial charge in [0.1, 0.15) is 0 Å². The Morgan fingerprint density at radius 1 is 1.31 bits per heavy atom. The molecule has 1 atom stereocenters. The molecule has 1 heterocycles. The molecule has 0 spiro atoms. The maximum absolute atomic E-state index is 9.65. The molecule has 1 rings (SSSR count). The zero-order valence-electron chi connectivity index (χ0n) is 10.6. The van der Waals surface area contributed by atoms with E-state index >= 15 is 0 Å². The molecule has 0 aromatic carbocycles. The Bertz CT molecular complexity index is 308. The quantitative estimate of drug-likeness (QED) is 0.832. The summed E-state index contributed by atoms with van der Waals surface area (Å²) in [6.45, 7) is 9.38.